The average Bonchev–Trinajstić information content (AvgIpc) is 2.36. The van der Waals surface area contributed by atoms with Gasteiger partial charge in [0.25, 0.3) is 0 Å². The van der Waals surface area contributed by atoms with E-state index in [2.05, 4.69) is 50.2 Å². The number of unbranched alkanes of at least 4 members (excludes halogenated alkanes) is 1. The van der Waals surface area contributed by atoms with Gasteiger partial charge in [0, 0.05) is 12.6 Å². The van der Waals surface area contributed by atoms with Crippen molar-refractivity contribution in [1.82, 2.24) is 15.5 Å². The summed E-state index contributed by atoms with van der Waals surface area (Å²) in [5.41, 5.74) is 0. The predicted molar refractivity (Wildman–Crippen MR) is 86.9 cm³/mol. The number of hydrogen-bond donors (Lipinski definition) is 2. The molecular weight excluding hydrogens is 250 g/mol. The van der Waals surface area contributed by atoms with Gasteiger partial charge in [-0.25, -0.2) is 0 Å². The van der Waals surface area contributed by atoms with E-state index in [-0.39, 0.29) is 11.9 Å². The Morgan fingerprint density at radius 1 is 1.10 bits per heavy atom. The van der Waals surface area contributed by atoms with E-state index in [1.807, 2.05) is 6.92 Å². The van der Waals surface area contributed by atoms with Gasteiger partial charge in [-0.2, -0.15) is 0 Å². The zero-order valence-electron chi connectivity index (χ0n) is 14.3. The largest absolute Gasteiger partial charge is 0.355 e. The van der Waals surface area contributed by atoms with Crippen molar-refractivity contribution in [3.8, 4) is 0 Å². The maximum atomic E-state index is 12.2. The van der Waals surface area contributed by atoms with E-state index in [1.54, 1.807) is 0 Å². The van der Waals surface area contributed by atoms with Crippen LogP contribution in [0.2, 0.25) is 0 Å². The minimum atomic E-state index is -0.00184. The van der Waals surface area contributed by atoms with E-state index in [0.717, 1.165) is 32.5 Å². The Morgan fingerprint density at radius 3 is 2.20 bits per heavy atom. The lowest BCUT2D eigenvalue weighted by Gasteiger charge is -2.32. The van der Waals surface area contributed by atoms with Crippen molar-refractivity contribution in [2.24, 2.45) is 5.92 Å². The molecule has 1 atom stereocenters. The van der Waals surface area contributed by atoms with Crippen molar-refractivity contribution < 1.29 is 4.79 Å². The van der Waals surface area contributed by atoms with Crippen molar-refractivity contribution in [3.05, 3.63) is 0 Å². The molecule has 0 heterocycles. The lowest BCUT2D eigenvalue weighted by atomic mass is 10.0. The zero-order chi connectivity index (χ0) is 15.5. The van der Waals surface area contributed by atoms with E-state index in [1.165, 1.54) is 0 Å². The second kappa shape index (κ2) is 11.1. The Labute approximate surface area is 125 Å². The molecule has 20 heavy (non-hydrogen) atoms. The van der Waals surface area contributed by atoms with Crippen LogP contribution in [0.3, 0.4) is 0 Å². The highest BCUT2D eigenvalue weighted by Gasteiger charge is 2.27. The van der Waals surface area contributed by atoms with E-state index in [0.29, 0.717) is 18.5 Å². The lowest BCUT2D eigenvalue weighted by Crippen LogP contribution is -2.50. The third-order valence-corrected chi connectivity index (χ3v) is 3.48. The van der Waals surface area contributed by atoms with Gasteiger partial charge < -0.3 is 10.6 Å². The molecule has 1 unspecified atom stereocenters. The third-order valence-electron chi connectivity index (χ3n) is 3.48. The summed E-state index contributed by atoms with van der Waals surface area (Å²) in [5.74, 6) is 0.514. The van der Waals surface area contributed by atoms with Crippen LogP contribution in [0.5, 0.6) is 0 Å². The molecule has 0 bridgehead atoms. The van der Waals surface area contributed by atoms with Crippen LogP contribution < -0.4 is 10.6 Å². The third kappa shape index (κ3) is 7.85. The Balaban J connectivity index is 4.27. The Morgan fingerprint density at radius 2 is 1.75 bits per heavy atom. The number of rotatable bonds is 11. The maximum Gasteiger partial charge on any atom is 0.237 e. The van der Waals surface area contributed by atoms with Gasteiger partial charge in [-0.1, -0.05) is 34.6 Å². The highest BCUT2D eigenvalue weighted by molar-refractivity contribution is 5.81. The number of carbonyl (C=O) groups excluding carboxylic acids is 1. The van der Waals surface area contributed by atoms with Crippen molar-refractivity contribution >= 4 is 5.91 Å². The van der Waals surface area contributed by atoms with Gasteiger partial charge in [0.15, 0.2) is 0 Å². The summed E-state index contributed by atoms with van der Waals surface area (Å²) < 4.78 is 0. The number of carbonyl (C=O) groups is 1. The van der Waals surface area contributed by atoms with Crippen LogP contribution in [-0.4, -0.2) is 49.1 Å². The Kier molecular flexibility index (Phi) is 10.8. The minimum absolute atomic E-state index is 0.00184. The molecule has 1 amide bonds. The smallest absolute Gasteiger partial charge is 0.237 e. The van der Waals surface area contributed by atoms with Gasteiger partial charge in [-0.3, -0.25) is 9.69 Å². The summed E-state index contributed by atoms with van der Waals surface area (Å²) in [6.07, 6.45) is 2.30. The number of likely N-dealkylation sites (N-methyl/N-ethyl adjacent to an activating group) is 2. The molecule has 0 saturated carbocycles. The number of nitrogens with zero attached hydrogens (tertiary/aromatic N) is 1. The van der Waals surface area contributed by atoms with E-state index >= 15 is 0 Å². The molecular formula is C16H35N3O. The Bertz CT molecular complexity index is 254. The van der Waals surface area contributed by atoms with Gasteiger partial charge in [-0.15, -0.1) is 0 Å². The monoisotopic (exact) mass is 285 g/mol. The molecule has 120 valence electrons. The fraction of sp³-hybridized carbons (Fsp3) is 0.938. The summed E-state index contributed by atoms with van der Waals surface area (Å²) in [6.45, 7) is 16.4. The lowest BCUT2D eigenvalue weighted by molar-refractivity contribution is -0.127. The first-order valence-corrected chi connectivity index (χ1v) is 8.19. The first kappa shape index (κ1) is 19.4. The normalized spacial score (nSPS) is 13.2. The highest BCUT2D eigenvalue weighted by Crippen LogP contribution is 2.12. The molecule has 0 radical (unpaired) electrons. The molecule has 0 saturated heterocycles. The number of nitrogens with one attached hydrogen (secondary N) is 2. The van der Waals surface area contributed by atoms with E-state index < -0.39 is 0 Å². The van der Waals surface area contributed by atoms with Gasteiger partial charge >= 0.3 is 0 Å². The fourth-order valence-corrected chi connectivity index (χ4v) is 2.49. The molecule has 0 aliphatic rings. The van der Waals surface area contributed by atoms with Crippen molar-refractivity contribution in [1.29, 1.82) is 0 Å². The second-order valence-corrected chi connectivity index (χ2v) is 6.03. The van der Waals surface area contributed by atoms with Gasteiger partial charge in [0.05, 0.1) is 6.04 Å². The van der Waals surface area contributed by atoms with Crippen molar-refractivity contribution in [3.63, 3.8) is 0 Å². The standard InChI is InChI=1S/C16H35N3O/c1-7-17-16(20)15(13(3)4)19(8-2)12-10-9-11-18-14(5)6/h13-15,18H,7-12H2,1-6H3,(H,17,20). The zero-order valence-corrected chi connectivity index (χ0v) is 14.3. The number of amides is 1. The average molecular weight is 285 g/mol. The van der Waals surface area contributed by atoms with Crippen LogP contribution in [0.25, 0.3) is 0 Å². The quantitative estimate of drug-likeness (QED) is 0.572. The van der Waals surface area contributed by atoms with Crippen LogP contribution >= 0.6 is 0 Å². The minimum Gasteiger partial charge on any atom is -0.355 e. The molecule has 4 nitrogen and oxygen atoms in total. The highest BCUT2D eigenvalue weighted by atomic mass is 16.2. The van der Waals surface area contributed by atoms with Gasteiger partial charge in [0.1, 0.15) is 0 Å². The van der Waals surface area contributed by atoms with Crippen LogP contribution in [-0.2, 0) is 4.79 Å². The van der Waals surface area contributed by atoms with Gasteiger partial charge in [0.2, 0.25) is 5.91 Å². The maximum absolute atomic E-state index is 12.2. The van der Waals surface area contributed by atoms with E-state index in [4.69, 9.17) is 0 Å². The van der Waals surface area contributed by atoms with Crippen LogP contribution in [0, 0.1) is 5.92 Å². The molecule has 2 N–H and O–H groups in total. The fourth-order valence-electron chi connectivity index (χ4n) is 2.49. The summed E-state index contributed by atoms with van der Waals surface area (Å²) in [6, 6.07) is 0.550. The van der Waals surface area contributed by atoms with Crippen LogP contribution in [0.4, 0.5) is 0 Å². The SMILES string of the molecule is CCNC(=O)C(C(C)C)N(CC)CCCCNC(C)C. The molecule has 0 rings (SSSR count). The molecule has 0 spiro atoms. The molecule has 0 fully saturated rings. The second-order valence-electron chi connectivity index (χ2n) is 6.03. The van der Waals surface area contributed by atoms with Crippen molar-refractivity contribution in [2.75, 3.05) is 26.2 Å². The Hall–Kier alpha value is -0.610. The summed E-state index contributed by atoms with van der Waals surface area (Å²) in [4.78, 5) is 14.5. The predicted octanol–water partition coefficient (Wildman–Crippen LogP) is 2.25. The molecule has 4 heteroatoms. The van der Waals surface area contributed by atoms with Crippen molar-refractivity contribution in [2.45, 2.75) is 66.5 Å². The summed E-state index contributed by atoms with van der Waals surface area (Å²) >= 11 is 0. The summed E-state index contributed by atoms with van der Waals surface area (Å²) in [5, 5.41) is 6.40. The number of hydrogen-bond acceptors (Lipinski definition) is 3. The molecule has 0 aliphatic heterocycles. The van der Waals surface area contributed by atoms with Crippen LogP contribution in [0.1, 0.15) is 54.4 Å². The first-order chi connectivity index (χ1) is 9.43. The first-order valence-electron chi connectivity index (χ1n) is 8.19. The molecule has 0 aromatic heterocycles. The summed E-state index contributed by atoms with van der Waals surface area (Å²) in [7, 11) is 0. The van der Waals surface area contributed by atoms with E-state index in [9.17, 15) is 4.79 Å². The molecule has 0 aromatic rings. The molecule has 0 aliphatic carbocycles. The topological polar surface area (TPSA) is 44.4 Å². The van der Waals surface area contributed by atoms with Gasteiger partial charge in [-0.05, 0) is 45.3 Å². The van der Waals surface area contributed by atoms with Crippen LogP contribution in [0.15, 0.2) is 0 Å². The molecule has 0 aromatic carbocycles.